The third-order valence-electron chi connectivity index (χ3n) is 4.31. The minimum absolute atomic E-state index is 0.213. The highest BCUT2D eigenvalue weighted by Gasteiger charge is 2.47. The number of carbonyl (C=O) groups excluding carboxylic acids is 1. The molecule has 11 nitrogen and oxygen atoms in total. The quantitative estimate of drug-likeness (QED) is 0.453. The van der Waals surface area contributed by atoms with Gasteiger partial charge in [-0.1, -0.05) is 0 Å². The molecule has 0 bridgehead atoms. The lowest BCUT2D eigenvalue weighted by molar-refractivity contribution is -0.323. The van der Waals surface area contributed by atoms with E-state index in [2.05, 4.69) is 0 Å². The van der Waals surface area contributed by atoms with Crippen LogP contribution in [0.5, 0.6) is 11.5 Å². The summed E-state index contributed by atoms with van der Waals surface area (Å²) < 4.78 is 21.3. The molecule has 2 heterocycles. The molecule has 0 spiro atoms. The molecule has 0 saturated carbocycles. The van der Waals surface area contributed by atoms with Gasteiger partial charge in [-0.2, -0.15) is 5.06 Å². The van der Waals surface area contributed by atoms with Crippen molar-refractivity contribution >= 4 is 11.6 Å². The van der Waals surface area contributed by atoms with Crippen LogP contribution in [0, 0.1) is 0 Å². The van der Waals surface area contributed by atoms with E-state index < -0.39 is 49.5 Å². The number of methoxy groups -OCH3 is 1. The summed E-state index contributed by atoms with van der Waals surface area (Å²) in [5, 5.41) is 39.9. The van der Waals surface area contributed by atoms with Crippen LogP contribution >= 0.6 is 0 Å². The van der Waals surface area contributed by atoms with E-state index in [1.165, 1.54) is 20.3 Å². The second-order valence-corrected chi connectivity index (χ2v) is 5.93. The maximum atomic E-state index is 12.6. The van der Waals surface area contributed by atoms with E-state index in [0.717, 1.165) is 5.06 Å². The molecule has 27 heavy (non-hydrogen) atoms. The highest BCUT2D eigenvalue weighted by atomic mass is 16.8. The van der Waals surface area contributed by atoms with E-state index in [-0.39, 0.29) is 5.75 Å². The fraction of sp³-hybridized carbons (Fsp3) is 0.562. The summed E-state index contributed by atoms with van der Waals surface area (Å²) in [7, 11) is 2.74. The number of carbonyl (C=O) groups is 1. The molecule has 4 N–H and O–H groups in total. The molecule has 1 fully saturated rings. The normalized spacial score (nSPS) is 33.4. The number of aliphatic hydroxyl groups is 4. The minimum atomic E-state index is -1.68. The molecule has 0 radical (unpaired) electrons. The van der Waals surface area contributed by atoms with Crippen LogP contribution < -0.4 is 14.5 Å². The Hall–Kier alpha value is -1.99. The fourth-order valence-corrected chi connectivity index (χ4v) is 2.84. The number of hydrogen-bond acceptors (Lipinski definition) is 10. The van der Waals surface area contributed by atoms with Gasteiger partial charge in [-0.05, 0) is 12.1 Å². The van der Waals surface area contributed by atoms with Gasteiger partial charge >= 0.3 is 5.91 Å². The van der Waals surface area contributed by atoms with Gasteiger partial charge in [0.1, 0.15) is 35.9 Å². The van der Waals surface area contributed by atoms with Crippen molar-refractivity contribution in [1.82, 2.24) is 0 Å². The molecule has 1 aromatic carbocycles. The summed E-state index contributed by atoms with van der Waals surface area (Å²) in [6, 6.07) is 4.68. The monoisotopic (exact) mass is 387 g/mol. The van der Waals surface area contributed by atoms with E-state index in [9.17, 15) is 25.2 Å². The van der Waals surface area contributed by atoms with Crippen LogP contribution in [-0.2, 0) is 19.1 Å². The lowest BCUT2D eigenvalue weighted by Crippen LogP contribution is -2.61. The number of ether oxygens (including phenoxy) is 4. The predicted octanol–water partition coefficient (Wildman–Crippen LogP) is -1.88. The molecular weight excluding hydrogens is 366 g/mol. The van der Waals surface area contributed by atoms with Crippen molar-refractivity contribution in [2.75, 3.05) is 25.9 Å². The molecule has 1 saturated heterocycles. The third kappa shape index (κ3) is 3.58. The van der Waals surface area contributed by atoms with Crippen molar-refractivity contribution in [1.29, 1.82) is 0 Å². The van der Waals surface area contributed by atoms with Crippen LogP contribution in [0.3, 0.4) is 0 Å². The number of benzene rings is 1. The molecule has 2 aliphatic heterocycles. The van der Waals surface area contributed by atoms with E-state index in [1.54, 1.807) is 12.1 Å². The van der Waals surface area contributed by atoms with Crippen molar-refractivity contribution in [2.45, 2.75) is 37.0 Å². The van der Waals surface area contributed by atoms with Crippen LogP contribution in [0.1, 0.15) is 0 Å². The van der Waals surface area contributed by atoms with Crippen LogP contribution in [-0.4, -0.2) is 84.2 Å². The second-order valence-electron chi connectivity index (χ2n) is 5.93. The molecule has 11 heteroatoms. The maximum absolute atomic E-state index is 12.6. The number of aliphatic hydroxyl groups excluding tert-OH is 4. The van der Waals surface area contributed by atoms with Crippen molar-refractivity contribution in [2.24, 2.45) is 0 Å². The SMILES string of the molecule is COc1ccc2c(c1)OC(OC1OC(CO)C(O)C(O)C1O)C(=O)N2OC. The number of nitrogens with zero attached hydrogens (tertiary/aromatic N) is 1. The second kappa shape index (κ2) is 7.94. The topological polar surface area (TPSA) is 147 Å². The standard InChI is InChI=1S/C16H21NO10/c1-23-7-3-4-8-9(5-7)25-16(14(22)17(8)24-2)27-15-13(21)12(20)11(19)10(6-18)26-15/h3-5,10-13,15-16,18-21H,6H2,1-2H3. The Morgan fingerprint density at radius 3 is 2.52 bits per heavy atom. The lowest BCUT2D eigenvalue weighted by atomic mass is 9.99. The first kappa shape index (κ1) is 19.8. The van der Waals surface area contributed by atoms with E-state index in [1.807, 2.05) is 0 Å². The maximum Gasteiger partial charge on any atom is 0.320 e. The van der Waals surface area contributed by atoms with Gasteiger partial charge in [0, 0.05) is 6.07 Å². The van der Waals surface area contributed by atoms with Gasteiger partial charge in [-0.25, -0.2) is 0 Å². The zero-order valence-electron chi connectivity index (χ0n) is 14.6. The first-order valence-electron chi connectivity index (χ1n) is 8.10. The average Bonchev–Trinajstić information content (AvgIpc) is 2.68. The summed E-state index contributed by atoms with van der Waals surface area (Å²) in [5.74, 6) is -0.0664. The highest BCUT2D eigenvalue weighted by molar-refractivity contribution is 5.97. The van der Waals surface area contributed by atoms with Crippen molar-refractivity contribution in [3.05, 3.63) is 18.2 Å². The van der Waals surface area contributed by atoms with E-state index in [0.29, 0.717) is 11.4 Å². The number of hydroxylamine groups is 1. The van der Waals surface area contributed by atoms with Crippen LogP contribution in [0.15, 0.2) is 18.2 Å². The summed E-state index contributed by atoms with van der Waals surface area (Å²) in [6.07, 6.45) is -9.18. The zero-order valence-corrected chi connectivity index (χ0v) is 14.6. The van der Waals surface area contributed by atoms with Gasteiger partial charge in [0.2, 0.25) is 0 Å². The molecule has 1 amide bonds. The number of fused-ring (bicyclic) bond motifs is 1. The van der Waals surface area contributed by atoms with Crippen molar-refractivity contribution in [3.8, 4) is 11.5 Å². The Labute approximate surface area is 154 Å². The Bertz CT molecular complexity index is 683. The first-order chi connectivity index (χ1) is 12.9. The molecule has 0 aromatic heterocycles. The van der Waals surface area contributed by atoms with Crippen LogP contribution in [0.25, 0.3) is 0 Å². The Kier molecular flexibility index (Phi) is 5.81. The summed E-state index contributed by atoms with van der Waals surface area (Å²) in [4.78, 5) is 17.7. The summed E-state index contributed by atoms with van der Waals surface area (Å²) in [6.45, 7) is -0.630. The van der Waals surface area contributed by atoms with Gasteiger partial charge in [-0.3, -0.25) is 9.63 Å². The first-order valence-corrected chi connectivity index (χ1v) is 8.10. The molecular formula is C16H21NO10. The third-order valence-corrected chi connectivity index (χ3v) is 4.31. The Balaban J connectivity index is 1.83. The Morgan fingerprint density at radius 2 is 1.89 bits per heavy atom. The molecule has 6 atom stereocenters. The molecule has 1 aromatic rings. The lowest BCUT2D eigenvalue weighted by Gasteiger charge is -2.41. The van der Waals surface area contributed by atoms with Crippen LogP contribution in [0.4, 0.5) is 5.69 Å². The van der Waals surface area contributed by atoms with Gasteiger partial charge in [0.05, 0.1) is 20.8 Å². The largest absolute Gasteiger partial charge is 0.497 e. The Morgan fingerprint density at radius 1 is 1.15 bits per heavy atom. The average molecular weight is 387 g/mol. The number of rotatable bonds is 5. The summed E-state index contributed by atoms with van der Waals surface area (Å²) in [5.41, 5.74) is 0.317. The highest BCUT2D eigenvalue weighted by Crippen LogP contribution is 2.38. The predicted molar refractivity (Wildman–Crippen MR) is 86.8 cm³/mol. The van der Waals surface area contributed by atoms with Gasteiger partial charge < -0.3 is 39.4 Å². The van der Waals surface area contributed by atoms with Crippen molar-refractivity contribution in [3.63, 3.8) is 0 Å². The number of anilines is 1. The van der Waals surface area contributed by atoms with Crippen molar-refractivity contribution < 1.29 is 49.0 Å². The fourth-order valence-electron chi connectivity index (χ4n) is 2.84. The molecule has 6 unspecified atom stereocenters. The van der Waals surface area contributed by atoms with Crippen LogP contribution in [0.2, 0.25) is 0 Å². The summed E-state index contributed by atoms with van der Waals surface area (Å²) >= 11 is 0. The zero-order chi connectivity index (χ0) is 19.7. The molecule has 3 rings (SSSR count). The smallest absolute Gasteiger partial charge is 0.320 e. The number of amides is 1. The van der Waals surface area contributed by atoms with Gasteiger partial charge in [0.25, 0.3) is 6.29 Å². The van der Waals surface area contributed by atoms with Gasteiger partial charge in [-0.15, -0.1) is 0 Å². The van der Waals surface area contributed by atoms with Gasteiger partial charge in [0.15, 0.2) is 12.0 Å². The molecule has 150 valence electrons. The molecule has 0 aliphatic carbocycles. The van der Waals surface area contributed by atoms with E-state index >= 15 is 0 Å². The minimum Gasteiger partial charge on any atom is -0.497 e. The molecule has 2 aliphatic rings. The number of hydrogen-bond donors (Lipinski definition) is 4. The van der Waals surface area contributed by atoms with E-state index in [4.69, 9.17) is 23.8 Å².